The van der Waals surface area contributed by atoms with Gasteiger partial charge in [0.1, 0.15) is 50.8 Å². The highest BCUT2D eigenvalue weighted by Crippen LogP contribution is 2.42. The average molecular weight is 1010 g/mol. The molecule has 0 saturated carbocycles. The van der Waals surface area contributed by atoms with Gasteiger partial charge >= 0.3 is 0 Å². The van der Waals surface area contributed by atoms with Crippen LogP contribution in [0.1, 0.15) is 0 Å². The summed E-state index contributed by atoms with van der Waals surface area (Å²) < 4.78 is 8.15. The van der Waals surface area contributed by atoms with Gasteiger partial charge < -0.3 is 9.97 Å². The topological polar surface area (TPSA) is 124 Å². The molecule has 13 rings (SSSR count). The van der Waals surface area contributed by atoms with Crippen molar-refractivity contribution in [3.63, 3.8) is 0 Å². The molecule has 0 spiro atoms. The molecule has 0 saturated heterocycles. The first-order chi connectivity index (χ1) is 35.2. The standard InChI is InChI=1S/C56H42N12S4/c1-65-21-13-33(14-22-65)69-37-5-9-41-45(29-37)53-58-49(41)57-50-42-10-6-39(71-35-17-25-67(3)26-18-35)31-47(42)55(59-50)64-56-48-32-40(72-36-19-27-68(4)28-20-36)8-12-44(48)52(63-56)62-54-46-30-38(7-11-43(46)51(60-53)61-54)70-34-15-23-66(2)24-16-34/h5-32H,1-4H3,(H2,57,58,59,60,61,62,63,64)/q+4. The van der Waals surface area contributed by atoms with Crippen molar-refractivity contribution < 1.29 is 18.3 Å². The van der Waals surface area contributed by atoms with Gasteiger partial charge in [-0.3, -0.25) is 0 Å². The van der Waals surface area contributed by atoms with Crippen LogP contribution in [0.3, 0.4) is 0 Å². The summed E-state index contributed by atoms with van der Waals surface area (Å²) in [6.07, 6.45) is 16.5. The van der Waals surface area contributed by atoms with Crippen molar-refractivity contribution in [3.05, 3.63) is 171 Å². The number of aromatic amines is 2. The molecule has 16 heteroatoms. The zero-order valence-electron chi connectivity index (χ0n) is 39.3. The van der Waals surface area contributed by atoms with E-state index in [1.54, 1.807) is 47.0 Å². The Morgan fingerprint density at radius 3 is 0.889 bits per heavy atom. The van der Waals surface area contributed by atoms with Gasteiger partial charge in [0, 0.05) is 131 Å². The number of aryl methyl sites for hydroxylation is 4. The van der Waals surface area contributed by atoms with Crippen molar-refractivity contribution in [2.45, 2.75) is 39.2 Å². The maximum Gasteiger partial charge on any atom is 0.169 e. The summed E-state index contributed by atoms with van der Waals surface area (Å²) in [5.74, 6) is 2.20. The Morgan fingerprint density at radius 2 is 0.556 bits per heavy atom. The van der Waals surface area contributed by atoms with Crippen LogP contribution in [0.2, 0.25) is 0 Å². The third-order valence-electron chi connectivity index (χ3n) is 12.5. The van der Waals surface area contributed by atoms with Gasteiger partial charge in [-0.1, -0.05) is 47.0 Å². The minimum Gasteiger partial charge on any atom is -0.324 e. The maximum atomic E-state index is 5.42. The van der Waals surface area contributed by atoms with E-state index in [9.17, 15) is 0 Å². The van der Waals surface area contributed by atoms with Crippen LogP contribution in [0.5, 0.6) is 0 Å². The fraction of sp³-hybridized carbons (Fsp3) is 0.0714. The number of aromatic nitrogens is 12. The third-order valence-corrected chi connectivity index (χ3v) is 16.4. The number of rotatable bonds is 8. The van der Waals surface area contributed by atoms with Crippen molar-refractivity contribution in [2.75, 3.05) is 0 Å². The predicted octanol–water partition coefficient (Wildman–Crippen LogP) is 10.8. The largest absolute Gasteiger partial charge is 0.324 e. The van der Waals surface area contributed by atoms with Gasteiger partial charge in [-0.05, 0) is 72.8 Å². The Morgan fingerprint density at radius 1 is 0.278 bits per heavy atom. The summed E-state index contributed by atoms with van der Waals surface area (Å²) in [4.78, 5) is 48.2. The Hall–Kier alpha value is -7.76. The van der Waals surface area contributed by atoms with Crippen LogP contribution in [0.4, 0.5) is 0 Å². The lowest BCUT2D eigenvalue weighted by molar-refractivity contribution is -0.671. The van der Waals surface area contributed by atoms with E-state index in [2.05, 4.69) is 181 Å². The molecular formula is C56H42N12S4+4. The molecule has 2 aliphatic rings. The summed E-state index contributed by atoms with van der Waals surface area (Å²) in [6.45, 7) is 0. The molecule has 0 fully saturated rings. The first-order valence-corrected chi connectivity index (χ1v) is 26.4. The zero-order valence-corrected chi connectivity index (χ0v) is 42.5. The first-order valence-electron chi connectivity index (χ1n) is 23.1. The molecule has 11 aromatic rings. The lowest BCUT2D eigenvalue weighted by Gasteiger charge is -2.04. The molecule has 4 aromatic carbocycles. The Labute approximate surface area is 430 Å². The molecule has 9 heterocycles. The van der Waals surface area contributed by atoms with Gasteiger partial charge in [0.2, 0.25) is 0 Å². The van der Waals surface area contributed by atoms with Crippen molar-refractivity contribution in [1.29, 1.82) is 0 Å². The third kappa shape index (κ3) is 8.65. The fourth-order valence-corrected chi connectivity index (χ4v) is 12.1. The number of nitrogens with one attached hydrogen (secondary N) is 2. The fourth-order valence-electron chi connectivity index (χ4n) is 8.73. The molecule has 0 amide bonds. The summed E-state index contributed by atoms with van der Waals surface area (Å²) in [6, 6.07) is 42.7. The molecule has 0 aliphatic carbocycles. The molecule has 2 N–H and O–H groups in total. The van der Waals surface area contributed by atoms with Crippen molar-refractivity contribution >= 4 is 91.2 Å². The molecular weight excluding hydrogens is 969 g/mol. The van der Waals surface area contributed by atoms with Crippen LogP contribution in [-0.4, -0.2) is 39.9 Å². The summed E-state index contributed by atoms with van der Waals surface area (Å²) >= 11 is 6.79. The van der Waals surface area contributed by atoms with E-state index in [0.29, 0.717) is 45.9 Å². The summed E-state index contributed by atoms with van der Waals surface area (Å²) in [7, 11) is 8.10. The number of fused-ring (bicyclic) bond motifs is 20. The molecule has 0 atom stereocenters. The smallest absolute Gasteiger partial charge is 0.169 e. The number of H-pyrrole nitrogens is 2. The highest BCUT2D eigenvalue weighted by Gasteiger charge is 2.24. The zero-order chi connectivity index (χ0) is 48.5. The van der Waals surface area contributed by atoms with E-state index in [-0.39, 0.29) is 0 Å². The first kappa shape index (κ1) is 44.2. The van der Waals surface area contributed by atoms with Crippen LogP contribution in [0.25, 0.3) is 89.7 Å². The lowest BCUT2D eigenvalue weighted by Crippen LogP contribution is -2.25. The van der Waals surface area contributed by atoms with Gasteiger partial charge in [0.05, 0.1) is 0 Å². The van der Waals surface area contributed by atoms with Crippen molar-refractivity contribution in [1.82, 2.24) is 39.9 Å². The normalized spacial score (nSPS) is 11.8. The number of pyridine rings is 4. The second-order valence-electron chi connectivity index (χ2n) is 17.6. The second kappa shape index (κ2) is 18.1. The minimum absolute atomic E-state index is 0.548. The van der Waals surface area contributed by atoms with E-state index in [1.807, 2.05) is 46.5 Å². The Bertz CT molecular complexity index is 4140. The van der Waals surface area contributed by atoms with Crippen molar-refractivity contribution in [3.8, 4) is 45.6 Å². The van der Waals surface area contributed by atoms with Gasteiger partial charge in [-0.2, -0.15) is 0 Å². The number of benzene rings is 4. The van der Waals surface area contributed by atoms with Gasteiger partial charge in [-0.25, -0.2) is 48.2 Å². The van der Waals surface area contributed by atoms with Crippen LogP contribution in [0.15, 0.2) is 210 Å². The molecule has 346 valence electrons. The minimum atomic E-state index is 0.548. The lowest BCUT2D eigenvalue weighted by atomic mass is 10.1. The molecule has 7 aromatic heterocycles. The molecule has 8 bridgehead atoms. The predicted molar refractivity (Wildman–Crippen MR) is 283 cm³/mol. The van der Waals surface area contributed by atoms with Crippen molar-refractivity contribution in [2.24, 2.45) is 28.2 Å². The maximum absolute atomic E-state index is 5.42. The van der Waals surface area contributed by atoms with Crippen LogP contribution in [-0.2, 0) is 28.2 Å². The average Bonchev–Trinajstić information content (AvgIpc) is 4.12. The van der Waals surface area contributed by atoms with E-state index in [4.69, 9.17) is 29.9 Å². The summed E-state index contributed by atoms with van der Waals surface area (Å²) in [5.41, 5.74) is 6.08. The molecule has 0 unspecified atom stereocenters. The van der Waals surface area contributed by atoms with Gasteiger partial charge in [0.15, 0.2) is 72.9 Å². The van der Waals surface area contributed by atoms with E-state index in [0.717, 1.165) is 83.0 Å². The van der Waals surface area contributed by atoms with E-state index >= 15 is 0 Å². The Balaban J connectivity index is 1.07. The SMILES string of the molecule is C[n+]1ccc(Sc2ccc3c(c2)-c2nc-3nc3[nH]c(nc4nc(nc5[nH]c(n2)c2ccc(Sc6cc[n+](C)cc6)cc52)-c2cc(Sc5cc[n+](C)cc5)ccc2-4)c2ccc(Sc4cc[n+](C)cc4)cc32)cc1. The highest BCUT2D eigenvalue weighted by atomic mass is 32.2. The number of hydrogen-bond acceptors (Lipinski definition) is 10. The molecule has 0 radical (unpaired) electrons. The van der Waals surface area contributed by atoms with E-state index in [1.165, 1.54) is 0 Å². The number of hydrogen-bond donors (Lipinski definition) is 2. The van der Waals surface area contributed by atoms with Crippen LogP contribution >= 0.6 is 47.0 Å². The number of nitrogens with zero attached hydrogens (tertiary/aromatic N) is 10. The monoisotopic (exact) mass is 1010 g/mol. The quantitative estimate of drug-likeness (QED) is 0.142. The Kier molecular flexibility index (Phi) is 11.1. The molecule has 2 aliphatic heterocycles. The van der Waals surface area contributed by atoms with Gasteiger partial charge in [-0.15, -0.1) is 0 Å². The highest BCUT2D eigenvalue weighted by molar-refractivity contribution is 8.00. The molecule has 12 nitrogen and oxygen atoms in total. The van der Waals surface area contributed by atoms with Crippen LogP contribution in [0, 0.1) is 0 Å². The van der Waals surface area contributed by atoms with E-state index < -0.39 is 0 Å². The summed E-state index contributed by atoms with van der Waals surface area (Å²) in [5, 5.41) is 3.64. The van der Waals surface area contributed by atoms with Gasteiger partial charge in [0.25, 0.3) is 0 Å². The molecule has 72 heavy (non-hydrogen) atoms. The second-order valence-corrected chi connectivity index (χ2v) is 22.2. The van der Waals surface area contributed by atoms with Crippen LogP contribution < -0.4 is 18.3 Å².